The Morgan fingerprint density at radius 2 is 1.78 bits per heavy atom. The van der Waals surface area contributed by atoms with Crippen molar-refractivity contribution >= 4 is 0 Å². The van der Waals surface area contributed by atoms with Gasteiger partial charge in [0.25, 0.3) is 0 Å². The van der Waals surface area contributed by atoms with E-state index in [9.17, 15) is 5.11 Å². The second-order valence-electron chi connectivity index (χ2n) is 4.94. The predicted molar refractivity (Wildman–Crippen MR) is 75.9 cm³/mol. The molecule has 2 heteroatoms. The van der Waals surface area contributed by atoms with Crippen LogP contribution in [0.15, 0.2) is 18.2 Å². The fraction of sp³-hybridized carbons (Fsp3) is 0.625. The van der Waals surface area contributed by atoms with E-state index < -0.39 is 0 Å². The first-order chi connectivity index (χ1) is 8.74. The summed E-state index contributed by atoms with van der Waals surface area (Å²) < 4.78 is 5.61. The zero-order valence-corrected chi connectivity index (χ0v) is 11.7. The summed E-state index contributed by atoms with van der Waals surface area (Å²) in [6.07, 6.45) is 7.72. The number of ether oxygens (including phenoxy) is 1. The lowest BCUT2D eigenvalue weighted by atomic mass is 10.1. The SMILES string of the molecule is CCCCCCCCOCc1ccc(C)c(O)c1. The number of rotatable bonds is 9. The molecule has 102 valence electrons. The summed E-state index contributed by atoms with van der Waals surface area (Å²) in [6.45, 7) is 5.56. The highest BCUT2D eigenvalue weighted by Gasteiger charge is 1.98. The molecule has 0 aliphatic carbocycles. The number of benzene rings is 1. The van der Waals surface area contributed by atoms with Gasteiger partial charge >= 0.3 is 0 Å². The van der Waals surface area contributed by atoms with E-state index in [0.29, 0.717) is 12.4 Å². The minimum atomic E-state index is 0.357. The molecule has 0 unspecified atom stereocenters. The van der Waals surface area contributed by atoms with Gasteiger partial charge in [-0.15, -0.1) is 0 Å². The summed E-state index contributed by atoms with van der Waals surface area (Å²) in [5.74, 6) is 0.357. The van der Waals surface area contributed by atoms with Gasteiger partial charge in [-0.2, -0.15) is 0 Å². The van der Waals surface area contributed by atoms with Gasteiger partial charge in [-0.05, 0) is 30.5 Å². The molecule has 1 N–H and O–H groups in total. The number of phenols is 1. The van der Waals surface area contributed by atoms with Crippen LogP contribution in [0.5, 0.6) is 5.75 Å². The third-order valence-electron chi connectivity index (χ3n) is 3.18. The maximum absolute atomic E-state index is 9.57. The van der Waals surface area contributed by atoms with E-state index in [1.165, 1.54) is 32.1 Å². The number of aryl methyl sites for hydroxylation is 1. The highest BCUT2D eigenvalue weighted by molar-refractivity contribution is 5.34. The molecule has 0 spiro atoms. The van der Waals surface area contributed by atoms with Crippen LogP contribution in [-0.2, 0) is 11.3 Å². The fourth-order valence-corrected chi connectivity index (χ4v) is 1.92. The van der Waals surface area contributed by atoms with Gasteiger partial charge in [0.05, 0.1) is 6.61 Å². The molecule has 0 aromatic heterocycles. The summed E-state index contributed by atoms with van der Waals surface area (Å²) in [5, 5.41) is 9.57. The number of hydrogen-bond donors (Lipinski definition) is 1. The Balaban J connectivity index is 2.05. The average molecular weight is 250 g/mol. The van der Waals surface area contributed by atoms with Gasteiger partial charge in [0.1, 0.15) is 5.75 Å². The van der Waals surface area contributed by atoms with Crippen LogP contribution in [-0.4, -0.2) is 11.7 Å². The van der Waals surface area contributed by atoms with Gasteiger partial charge in [0.2, 0.25) is 0 Å². The maximum atomic E-state index is 9.57. The van der Waals surface area contributed by atoms with Crippen LogP contribution >= 0.6 is 0 Å². The van der Waals surface area contributed by atoms with E-state index >= 15 is 0 Å². The first-order valence-electron chi connectivity index (χ1n) is 7.10. The summed E-state index contributed by atoms with van der Waals surface area (Å²) >= 11 is 0. The van der Waals surface area contributed by atoms with Crippen molar-refractivity contribution < 1.29 is 9.84 Å². The molecular formula is C16H26O2. The summed E-state index contributed by atoms with van der Waals surface area (Å²) in [5.41, 5.74) is 1.96. The van der Waals surface area contributed by atoms with Crippen molar-refractivity contribution in [3.8, 4) is 5.75 Å². The number of aromatic hydroxyl groups is 1. The number of phenolic OH excluding ortho intramolecular Hbond substituents is 1. The smallest absolute Gasteiger partial charge is 0.118 e. The second-order valence-corrected chi connectivity index (χ2v) is 4.94. The summed E-state index contributed by atoms with van der Waals surface area (Å²) in [6, 6.07) is 5.73. The number of unbranched alkanes of at least 4 members (excludes halogenated alkanes) is 5. The van der Waals surface area contributed by atoms with Crippen LogP contribution in [0.3, 0.4) is 0 Å². The van der Waals surface area contributed by atoms with Crippen molar-refractivity contribution in [1.82, 2.24) is 0 Å². The molecule has 0 aliphatic heterocycles. The lowest BCUT2D eigenvalue weighted by Gasteiger charge is -2.06. The molecule has 0 aliphatic rings. The van der Waals surface area contributed by atoms with E-state index in [-0.39, 0.29) is 0 Å². The van der Waals surface area contributed by atoms with Crippen LogP contribution in [0, 0.1) is 6.92 Å². The van der Waals surface area contributed by atoms with Gasteiger partial charge in [-0.3, -0.25) is 0 Å². The lowest BCUT2D eigenvalue weighted by Crippen LogP contribution is -1.96. The van der Waals surface area contributed by atoms with Crippen molar-refractivity contribution in [2.75, 3.05) is 6.61 Å². The zero-order valence-electron chi connectivity index (χ0n) is 11.7. The molecule has 1 rings (SSSR count). The third-order valence-corrected chi connectivity index (χ3v) is 3.18. The minimum absolute atomic E-state index is 0.357. The Hall–Kier alpha value is -1.02. The van der Waals surface area contributed by atoms with Gasteiger partial charge in [-0.25, -0.2) is 0 Å². The van der Waals surface area contributed by atoms with E-state index in [2.05, 4.69) is 6.92 Å². The van der Waals surface area contributed by atoms with Crippen molar-refractivity contribution in [2.45, 2.75) is 59.0 Å². The van der Waals surface area contributed by atoms with Crippen molar-refractivity contribution in [1.29, 1.82) is 0 Å². The van der Waals surface area contributed by atoms with E-state index in [0.717, 1.165) is 24.2 Å². The highest BCUT2D eigenvalue weighted by Crippen LogP contribution is 2.18. The molecule has 0 radical (unpaired) electrons. The minimum Gasteiger partial charge on any atom is -0.508 e. The quantitative estimate of drug-likeness (QED) is 0.650. The van der Waals surface area contributed by atoms with Gasteiger partial charge in [0.15, 0.2) is 0 Å². The molecule has 0 saturated carbocycles. The van der Waals surface area contributed by atoms with Crippen molar-refractivity contribution in [3.63, 3.8) is 0 Å². The monoisotopic (exact) mass is 250 g/mol. The van der Waals surface area contributed by atoms with E-state index in [1.807, 2.05) is 19.1 Å². The van der Waals surface area contributed by atoms with Crippen LogP contribution in [0.1, 0.15) is 56.6 Å². The third kappa shape index (κ3) is 6.06. The van der Waals surface area contributed by atoms with Crippen LogP contribution in [0.2, 0.25) is 0 Å². The molecule has 0 fully saturated rings. The van der Waals surface area contributed by atoms with E-state index in [1.54, 1.807) is 6.07 Å². The maximum Gasteiger partial charge on any atom is 0.118 e. The Labute approximate surface area is 111 Å². The fourth-order valence-electron chi connectivity index (χ4n) is 1.92. The molecule has 18 heavy (non-hydrogen) atoms. The van der Waals surface area contributed by atoms with E-state index in [4.69, 9.17) is 4.74 Å². The molecule has 0 atom stereocenters. The van der Waals surface area contributed by atoms with Crippen molar-refractivity contribution in [3.05, 3.63) is 29.3 Å². The second kappa shape index (κ2) is 8.98. The Bertz CT molecular complexity index is 334. The van der Waals surface area contributed by atoms with Gasteiger partial charge in [-0.1, -0.05) is 51.2 Å². The van der Waals surface area contributed by atoms with Crippen LogP contribution in [0.25, 0.3) is 0 Å². The Kier molecular flexibility index (Phi) is 7.51. The zero-order chi connectivity index (χ0) is 13.2. The molecular weight excluding hydrogens is 224 g/mol. The largest absolute Gasteiger partial charge is 0.508 e. The molecule has 1 aromatic rings. The first-order valence-corrected chi connectivity index (χ1v) is 7.10. The number of hydrogen-bond acceptors (Lipinski definition) is 2. The van der Waals surface area contributed by atoms with Gasteiger partial charge < -0.3 is 9.84 Å². The highest BCUT2D eigenvalue weighted by atomic mass is 16.5. The summed E-state index contributed by atoms with van der Waals surface area (Å²) in [4.78, 5) is 0. The van der Waals surface area contributed by atoms with Crippen LogP contribution < -0.4 is 0 Å². The normalized spacial score (nSPS) is 10.8. The standard InChI is InChI=1S/C16H26O2/c1-3-4-5-6-7-8-11-18-13-15-10-9-14(2)16(17)12-15/h9-10,12,17H,3-8,11,13H2,1-2H3. The Morgan fingerprint density at radius 3 is 2.50 bits per heavy atom. The van der Waals surface area contributed by atoms with Gasteiger partial charge in [0, 0.05) is 6.61 Å². The molecule has 0 amide bonds. The van der Waals surface area contributed by atoms with Crippen LogP contribution in [0.4, 0.5) is 0 Å². The first kappa shape index (κ1) is 15.0. The molecule has 0 saturated heterocycles. The molecule has 0 heterocycles. The van der Waals surface area contributed by atoms with Crippen molar-refractivity contribution in [2.24, 2.45) is 0 Å². The molecule has 0 bridgehead atoms. The lowest BCUT2D eigenvalue weighted by molar-refractivity contribution is 0.116. The molecule has 1 aromatic carbocycles. The topological polar surface area (TPSA) is 29.5 Å². The summed E-state index contributed by atoms with van der Waals surface area (Å²) in [7, 11) is 0. The molecule has 2 nitrogen and oxygen atoms in total. The Morgan fingerprint density at radius 1 is 1.06 bits per heavy atom. The predicted octanol–water partition coefficient (Wildman–Crippen LogP) is 4.58. The average Bonchev–Trinajstić information content (AvgIpc) is 2.37.